The highest BCUT2D eigenvalue weighted by atomic mass is 16.5. The van der Waals surface area contributed by atoms with Crippen LogP contribution in [0.5, 0.6) is 0 Å². The number of rotatable bonds is 5. The molecule has 1 aliphatic carbocycles. The average molecular weight is 269 g/mol. The maximum Gasteiger partial charge on any atom is 0.0991 e. The van der Waals surface area contributed by atoms with Gasteiger partial charge in [0.2, 0.25) is 0 Å². The molecule has 1 aromatic carbocycles. The lowest BCUT2D eigenvalue weighted by atomic mass is 9.78. The van der Waals surface area contributed by atoms with E-state index in [0.29, 0.717) is 11.8 Å². The Morgan fingerprint density at radius 2 is 1.90 bits per heavy atom. The number of hydrogen-bond donors (Lipinski definition) is 0. The first kappa shape index (κ1) is 14.8. The minimum Gasteiger partial charge on any atom is -0.378 e. The molecule has 0 spiro atoms. The van der Waals surface area contributed by atoms with Crippen LogP contribution in [0.4, 0.5) is 0 Å². The molecule has 106 valence electrons. The predicted molar refractivity (Wildman–Crippen MR) is 81.5 cm³/mol. The van der Waals surface area contributed by atoms with E-state index in [1.54, 1.807) is 0 Å². The van der Waals surface area contributed by atoms with E-state index in [0.717, 1.165) is 18.8 Å². The number of nitrogens with zero attached hydrogens (tertiary/aromatic N) is 1. The SMILES string of the molecule is CCOCC=C[C@H]1CC[C@H](c2ccc(C#N)cc2)CC1. The summed E-state index contributed by atoms with van der Waals surface area (Å²) in [5, 5.41) is 8.83. The molecule has 2 nitrogen and oxygen atoms in total. The Balaban J connectivity index is 1.81. The van der Waals surface area contributed by atoms with Gasteiger partial charge in [-0.15, -0.1) is 0 Å². The summed E-state index contributed by atoms with van der Waals surface area (Å²) in [6.45, 7) is 3.55. The van der Waals surface area contributed by atoms with Crippen molar-refractivity contribution in [3.8, 4) is 6.07 Å². The highest BCUT2D eigenvalue weighted by Crippen LogP contribution is 2.36. The van der Waals surface area contributed by atoms with E-state index in [9.17, 15) is 0 Å². The summed E-state index contributed by atoms with van der Waals surface area (Å²) in [6, 6.07) is 10.3. The molecule has 0 saturated heterocycles. The fourth-order valence-electron chi connectivity index (χ4n) is 2.91. The summed E-state index contributed by atoms with van der Waals surface area (Å²) in [5.74, 6) is 1.38. The van der Waals surface area contributed by atoms with Gasteiger partial charge in [0, 0.05) is 6.61 Å². The second kappa shape index (κ2) is 7.87. The molecule has 0 atom stereocenters. The highest BCUT2D eigenvalue weighted by molar-refractivity contribution is 5.33. The van der Waals surface area contributed by atoms with Gasteiger partial charge in [-0.25, -0.2) is 0 Å². The third-order valence-corrected chi connectivity index (χ3v) is 4.11. The molecular weight excluding hydrogens is 246 g/mol. The summed E-state index contributed by atoms with van der Waals surface area (Å²) in [5.41, 5.74) is 2.14. The van der Waals surface area contributed by atoms with Crippen LogP contribution in [-0.4, -0.2) is 13.2 Å². The van der Waals surface area contributed by atoms with Crippen molar-refractivity contribution in [2.75, 3.05) is 13.2 Å². The zero-order valence-electron chi connectivity index (χ0n) is 12.2. The van der Waals surface area contributed by atoms with E-state index in [2.05, 4.69) is 30.4 Å². The lowest BCUT2D eigenvalue weighted by Gasteiger charge is -2.27. The van der Waals surface area contributed by atoms with Crippen LogP contribution in [0.25, 0.3) is 0 Å². The monoisotopic (exact) mass is 269 g/mol. The maximum absolute atomic E-state index is 8.83. The normalized spacial score (nSPS) is 22.8. The van der Waals surface area contributed by atoms with E-state index in [1.165, 1.54) is 31.2 Å². The van der Waals surface area contributed by atoms with Crippen molar-refractivity contribution < 1.29 is 4.74 Å². The molecule has 1 aliphatic rings. The maximum atomic E-state index is 8.83. The third-order valence-electron chi connectivity index (χ3n) is 4.11. The molecule has 0 aliphatic heterocycles. The number of hydrogen-bond acceptors (Lipinski definition) is 2. The van der Waals surface area contributed by atoms with Crippen molar-refractivity contribution in [1.29, 1.82) is 5.26 Å². The van der Waals surface area contributed by atoms with Crippen LogP contribution in [0.15, 0.2) is 36.4 Å². The molecule has 1 aromatic rings. The van der Waals surface area contributed by atoms with E-state index in [-0.39, 0.29) is 0 Å². The zero-order chi connectivity index (χ0) is 14.2. The van der Waals surface area contributed by atoms with Crippen LogP contribution < -0.4 is 0 Å². The lowest BCUT2D eigenvalue weighted by Crippen LogP contribution is -2.11. The lowest BCUT2D eigenvalue weighted by molar-refractivity contribution is 0.177. The quantitative estimate of drug-likeness (QED) is 0.585. The molecule has 1 fully saturated rings. The van der Waals surface area contributed by atoms with Gasteiger partial charge in [-0.05, 0) is 62.1 Å². The van der Waals surface area contributed by atoms with Crippen LogP contribution in [-0.2, 0) is 4.74 Å². The van der Waals surface area contributed by atoms with Gasteiger partial charge in [-0.2, -0.15) is 5.26 Å². The number of allylic oxidation sites excluding steroid dienone is 1. The molecule has 2 heteroatoms. The molecule has 0 bridgehead atoms. The second-order valence-electron chi connectivity index (χ2n) is 5.43. The molecule has 1 saturated carbocycles. The van der Waals surface area contributed by atoms with Crippen molar-refractivity contribution in [3.05, 3.63) is 47.5 Å². The zero-order valence-corrected chi connectivity index (χ0v) is 12.2. The summed E-state index contributed by atoms with van der Waals surface area (Å²) in [4.78, 5) is 0. The third kappa shape index (κ3) is 4.21. The number of benzene rings is 1. The Morgan fingerprint density at radius 1 is 1.20 bits per heavy atom. The van der Waals surface area contributed by atoms with Crippen LogP contribution >= 0.6 is 0 Å². The standard InChI is InChI=1S/C18H23NO/c1-2-20-13-3-4-15-5-9-17(10-6-15)18-11-7-16(14-19)8-12-18/h3-4,7-8,11-12,15,17H,2,5-6,9-10,13H2,1H3/t15-,17-. The van der Waals surface area contributed by atoms with Gasteiger partial charge in [0.15, 0.2) is 0 Å². The molecule has 0 unspecified atom stereocenters. The Kier molecular flexibility index (Phi) is 5.83. The predicted octanol–water partition coefficient (Wildman–Crippen LogP) is 4.42. The molecule has 20 heavy (non-hydrogen) atoms. The molecule has 0 amide bonds. The molecule has 2 rings (SSSR count). The summed E-state index contributed by atoms with van der Waals surface area (Å²) in [7, 11) is 0. The van der Waals surface area contributed by atoms with E-state index in [4.69, 9.17) is 10.00 Å². The first-order valence-electron chi connectivity index (χ1n) is 7.58. The Labute approximate surface area is 122 Å². The summed E-state index contributed by atoms with van der Waals surface area (Å²) >= 11 is 0. The van der Waals surface area contributed by atoms with Gasteiger partial charge in [-0.1, -0.05) is 24.3 Å². The van der Waals surface area contributed by atoms with Crippen molar-refractivity contribution in [2.45, 2.75) is 38.5 Å². The van der Waals surface area contributed by atoms with E-state index >= 15 is 0 Å². The van der Waals surface area contributed by atoms with E-state index in [1.807, 2.05) is 19.1 Å². The minimum absolute atomic E-state index is 0.666. The van der Waals surface area contributed by atoms with Crippen LogP contribution in [0.3, 0.4) is 0 Å². The molecular formula is C18H23NO. The Morgan fingerprint density at radius 3 is 2.50 bits per heavy atom. The summed E-state index contributed by atoms with van der Waals surface area (Å²) in [6.07, 6.45) is 9.49. The van der Waals surface area contributed by atoms with Gasteiger partial charge >= 0.3 is 0 Å². The summed E-state index contributed by atoms with van der Waals surface area (Å²) < 4.78 is 5.32. The molecule has 0 aromatic heterocycles. The Hall–Kier alpha value is -1.59. The van der Waals surface area contributed by atoms with E-state index < -0.39 is 0 Å². The minimum atomic E-state index is 0.666. The topological polar surface area (TPSA) is 33.0 Å². The molecule has 0 heterocycles. The number of nitriles is 1. The first-order valence-corrected chi connectivity index (χ1v) is 7.58. The van der Waals surface area contributed by atoms with Crippen LogP contribution in [0.1, 0.15) is 49.7 Å². The van der Waals surface area contributed by atoms with Gasteiger partial charge < -0.3 is 4.74 Å². The van der Waals surface area contributed by atoms with Crippen molar-refractivity contribution >= 4 is 0 Å². The smallest absolute Gasteiger partial charge is 0.0991 e. The van der Waals surface area contributed by atoms with Gasteiger partial charge in [-0.3, -0.25) is 0 Å². The van der Waals surface area contributed by atoms with Gasteiger partial charge in [0.05, 0.1) is 18.2 Å². The Bertz CT molecular complexity index is 461. The molecule has 0 N–H and O–H groups in total. The van der Waals surface area contributed by atoms with Crippen molar-refractivity contribution in [3.63, 3.8) is 0 Å². The first-order chi connectivity index (χ1) is 9.83. The fraction of sp³-hybridized carbons (Fsp3) is 0.500. The van der Waals surface area contributed by atoms with Crippen LogP contribution in [0.2, 0.25) is 0 Å². The molecule has 0 radical (unpaired) electrons. The van der Waals surface area contributed by atoms with Crippen molar-refractivity contribution in [1.82, 2.24) is 0 Å². The number of ether oxygens (including phenoxy) is 1. The second-order valence-corrected chi connectivity index (χ2v) is 5.43. The van der Waals surface area contributed by atoms with Gasteiger partial charge in [0.1, 0.15) is 0 Å². The highest BCUT2D eigenvalue weighted by Gasteiger charge is 2.20. The fourth-order valence-corrected chi connectivity index (χ4v) is 2.91. The van der Waals surface area contributed by atoms with Crippen molar-refractivity contribution in [2.24, 2.45) is 5.92 Å². The van der Waals surface area contributed by atoms with Crippen LogP contribution in [0, 0.1) is 17.2 Å². The van der Waals surface area contributed by atoms with Gasteiger partial charge in [0.25, 0.3) is 0 Å². The largest absolute Gasteiger partial charge is 0.378 e. The average Bonchev–Trinajstić information content (AvgIpc) is 2.52.